The van der Waals surface area contributed by atoms with Gasteiger partial charge in [0.05, 0.1) is 15.8 Å². The van der Waals surface area contributed by atoms with Crippen LogP contribution in [0.1, 0.15) is 43.4 Å². The molecule has 0 aliphatic heterocycles. The molecule has 18 heavy (non-hydrogen) atoms. The van der Waals surface area contributed by atoms with Crippen LogP contribution in [0.4, 0.5) is 0 Å². The Bertz CT molecular complexity index is 468. The SMILES string of the molecule is O=C1CCC(=O)C12CCC(O)(c1cncs1)CC2. The molecule has 0 bridgehead atoms. The summed E-state index contributed by atoms with van der Waals surface area (Å²) in [6.07, 6.45) is 4.38. The minimum atomic E-state index is -0.893. The normalized spacial score (nSPS) is 25.8. The fourth-order valence-electron chi connectivity index (χ4n) is 3.20. The highest BCUT2D eigenvalue weighted by Crippen LogP contribution is 2.50. The van der Waals surface area contributed by atoms with Gasteiger partial charge < -0.3 is 5.11 Å². The zero-order valence-electron chi connectivity index (χ0n) is 10.0. The van der Waals surface area contributed by atoms with Crippen LogP contribution < -0.4 is 0 Å². The predicted octanol–water partition coefficient (Wildman–Crippen LogP) is 1.82. The number of Topliss-reactive ketones (excluding diaryl/α,β-unsaturated/α-hetero) is 2. The zero-order chi connectivity index (χ0) is 12.8. The van der Waals surface area contributed by atoms with E-state index in [0.717, 1.165) is 4.88 Å². The zero-order valence-corrected chi connectivity index (χ0v) is 10.8. The average Bonchev–Trinajstić information content (AvgIpc) is 2.98. The Morgan fingerprint density at radius 2 is 1.72 bits per heavy atom. The van der Waals surface area contributed by atoms with Crippen molar-refractivity contribution in [3.63, 3.8) is 0 Å². The molecule has 2 aliphatic carbocycles. The third-order valence-electron chi connectivity index (χ3n) is 4.47. The van der Waals surface area contributed by atoms with E-state index in [1.165, 1.54) is 11.3 Å². The fraction of sp³-hybridized carbons (Fsp3) is 0.615. The molecular formula is C13H15NO3S. The van der Waals surface area contributed by atoms with Crippen LogP contribution in [0.3, 0.4) is 0 Å². The van der Waals surface area contributed by atoms with Crippen molar-refractivity contribution in [2.24, 2.45) is 5.41 Å². The van der Waals surface area contributed by atoms with Gasteiger partial charge in [-0.15, -0.1) is 11.3 Å². The van der Waals surface area contributed by atoms with Crippen molar-refractivity contribution >= 4 is 22.9 Å². The highest BCUT2D eigenvalue weighted by atomic mass is 32.1. The van der Waals surface area contributed by atoms with Crippen LogP contribution in [0.15, 0.2) is 11.7 Å². The van der Waals surface area contributed by atoms with E-state index in [0.29, 0.717) is 38.5 Å². The molecule has 1 N–H and O–H groups in total. The molecule has 0 atom stereocenters. The van der Waals surface area contributed by atoms with Gasteiger partial charge in [0.15, 0.2) is 0 Å². The first-order chi connectivity index (χ1) is 8.57. The van der Waals surface area contributed by atoms with Gasteiger partial charge in [-0.2, -0.15) is 0 Å². The second-order valence-electron chi connectivity index (χ2n) is 5.33. The Morgan fingerprint density at radius 1 is 1.11 bits per heavy atom. The maximum Gasteiger partial charge on any atom is 0.146 e. The van der Waals surface area contributed by atoms with Crippen LogP contribution in [0.5, 0.6) is 0 Å². The molecule has 1 aromatic heterocycles. The number of aliphatic hydroxyl groups is 1. The van der Waals surface area contributed by atoms with Crippen LogP contribution in [0.2, 0.25) is 0 Å². The number of rotatable bonds is 1. The van der Waals surface area contributed by atoms with Gasteiger partial charge in [0.2, 0.25) is 0 Å². The third-order valence-corrected chi connectivity index (χ3v) is 5.43. The molecule has 1 aromatic rings. The Balaban J connectivity index is 1.83. The van der Waals surface area contributed by atoms with Gasteiger partial charge >= 0.3 is 0 Å². The lowest BCUT2D eigenvalue weighted by atomic mass is 9.66. The molecule has 2 fully saturated rings. The highest BCUT2D eigenvalue weighted by molar-refractivity contribution is 7.09. The van der Waals surface area contributed by atoms with E-state index in [-0.39, 0.29) is 11.6 Å². The summed E-state index contributed by atoms with van der Waals surface area (Å²) in [6, 6.07) is 0. The molecule has 1 spiro atoms. The second kappa shape index (κ2) is 3.96. The summed E-state index contributed by atoms with van der Waals surface area (Å²) < 4.78 is 0. The number of thiazole rings is 1. The lowest BCUT2D eigenvalue weighted by Gasteiger charge is -2.39. The predicted molar refractivity (Wildman–Crippen MR) is 66.2 cm³/mol. The highest BCUT2D eigenvalue weighted by Gasteiger charge is 2.53. The lowest BCUT2D eigenvalue weighted by molar-refractivity contribution is -0.141. The summed E-state index contributed by atoms with van der Waals surface area (Å²) in [5.74, 6) is 0.165. The molecule has 0 unspecified atom stereocenters. The molecule has 96 valence electrons. The largest absolute Gasteiger partial charge is 0.384 e. The van der Waals surface area contributed by atoms with E-state index in [9.17, 15) is 14.7 Å². The van der Waals surface area contributed by atoms with Crippen molar-refractivity contribution in [3.8, 4) is 0 Å². The van der Waals surface area contributed by atoms with Crippen LogP contribution in [-0.2, 0) is 15.2 Å². The molecule has 2 saturated carbocycles. The van der Waals surface area contributed by atoms with Crippen LogP contribution in [0.25, 0.3) is 0 Å². The summed E-state index contributed by atoms with van der Waals surface area (Å²) in [5.41, 5.74) is 0.0377. The second-order valence-corrected chi connectivity index (χ2v) is 6.21. The van der Waals surface area contributed by atoms with Gasteiger partial charge in [0.25, 0.3) is 0 Å². The first kappa shape index (κ1) is 12.0. The monoisotopic (exact) mass is 265 g/mol. The van der Waals surface area contributed by atoms with E-state index >= 15 is 0 Å². The third kappa shape index (κ3) is 1.57. The Kier molecular flexibility index (Phi) is 2.64. The number of carbonyl (C=O) groups is 2. The molecule has 5 heteroatoms. The van der Waals surface area contributed by atoms with Crippen molar-refractivity contribution in [1.82, 2.24) is 4.98 Å². The van der Waals surface area contributed by atoms with Crippen molar-refractivity contribution in [3.05, 3.63) is 16.6 Å². The molecular weight excluding hydrogens is 250 g/mol. The van der Waals surface area contributed by atoms with Crippen LogP contribution in [-0.4, -0.2) is 21.7 Å². The maximum absolute atomic E-state index is 11.9. The van der Waals surface area contributed by atoms with E-state index in [1.807, 2.05) is 0 Å². The van der Waals surface area contributed by atoms with Gasteiger partial charge in [-0.05, 0) is 25.7 Å². The Morgan fingerprint density at radius 3 is 2.22 bits per heavy atom. The summed E-state index contributed by atoms with van der Waals surface area (Å²) >= 11 is 1.43. The minimum absolute atomic E-state index is 0.0823. The van der Waals surface area contributed by atoms with Crippen molar-refractivity contribution in [1.29, 1.82) is 0 Å². The molecule has 1 heterocycles. The fourth-order valence-corrected chi connectivity index (χ4v) is 3.98. The Hall–Kier alpha value is -1.07. The number of hydrogen-bond acceptors (Lipinski definition) is 5. The van der Waals surface area contributed by atoms with Gasteiger partial charge in [-0.1, -0.05) is 0 Å². The number of ketones is 2. The average molecular weight is 265 g/mol. The molecule has 2 aliphatic rings. The standard InChI is InChI=1S/C13H15NO3S/c15-9-1-2-10(16)12(9)3-5-13(17,6-4-12)11-7-14-8-18-11/h7-8,17H,1-6H2. The molecule has 0 radical (unpaired) electrons. The first-order valence-electron chi connectivity index (χ1n) is 6.25. The number of carbonyl (C=O) groups excluding carboxylic acids is 2. The first-order valence-corrected chi connectivity index (χ1v) is 7.13. The number of hydrogen-bond donors (Lipinski definition) is 1. The van der Waals surface area contributed by atoms with Gasteiger partial charge in [0, 0.05) is 19.0 Å². The van der Waals surface area contributed by atoms with Crippen molar-refractivity contribution < 1.29 is 14.7 Å². The van der Waals surface area contributed by atoms with Gasteiger partial charge in [-0.25, -0.2) is 0 Å². The number of aromatic nitrogens is 1. The molecule has 3 rings (SSSR count). The lowest BCUT2D eigenvalue weighted by Crippen LogP contribution is -2.42. The van der Waals surface area contributed by atoms with Crippen LogP contribution >= 0.6 is 11.3 Å². The summed E-state index contributed by atoms with van der Waals surface area (Å²) in [4.78, 5) is 28.7. The quantitative estimate of drug-likeness (QED) is 0.787. The Labute approximate surface area is 109 Å². The summed E-state index contributed by atoms with van der Waals surface area (Å²) in [5, 5.41) is 10.6. The number of nitrogens with zero attached hydrogens (tertiary/aromatic N) is 1. The van der Waals surface area contributed by atoms with E-state index in [1.54, 1.807) is 11.7 Å². The van der Waals surface area contributed by atoms with E-state index in [4.69, 9.17) is 0 Å². The summed E-state index contributed by atoms with van der Waals surface area (Å²) in [7, 11) is 0. The molecule has 4 nitrogen and oxygen atoms in total. The molecule has 0 saturated heterocycles. The smallest absolute Gasteiger partial charge is 0.146 e. The van der Waals surface area contributed by atoms with Crippen molar-refractivity contribution in [2.45, 2.75) is 44.1 Å². The van der Waals surface area contributed by atoms with Gasteiger partial charge in [-0.3, -0.25) is 14.6 Å². The van der Waals surface area contributed by atoms with E-state index < -0.39 is 11.0 Å². The van der Waals surface area contributed by atoms with Crippen LogP contribution in [0, 0.1) is 5.41 Å². The maximum atomic E-state index is 11.9. The van der Waals surface area contributed by atoms with Gasteiger partial charge in [0.1, 0.15) is 17.2 Å². The van der Waals surface area contributed by atoms with Crippen molar-refractivity contribution in [2.75, 3.05) is 0 Å². The van der Waals surface area contributed by atoms with E-state index in [2.05, 4.69) is 4.98 Å². The summed E-state index contributed by atoms with van der Waals surface area (Å²) in [6.45, 7) is 0. The minimum Gasteiger partial charge on any atom is -0.384 e. The molecule has 0 amide bonds. The molecule has 0 aromatic carbocycles. The topological polar surface area (TPSA) is 67.3 Å².